The van der Waals surface area contributed by atoms with E-state index in [1.54, 1.807) is 10.7 Å². The van der Waals surface area contributed by atoms with Gasteiger partial charge in [-0.3, -0.25) is 4.68 Å². The number of alkyl carbamates (subject to hydrolysis) is 1. The summed E-state index contributed by atoms with van der Waals surface area (Å²) in [5.41, 5.74) is 2.71. The molecule has 1 amide bonds. The first kappa shape index (κ1) is 29.1. The summed E-state index contributed by atoms with van der Waals surface area (Å²) in [6.07, 6.45) is 2.20. The summed E-state index contributed by atoms with van der Waals surface area (Å²) in [4.78, 5) is 16.7. The molecule has 0 aliphatic heterocycles. The number of aliphatic hydroxyl groups excluding tert-OH is 1. The maximum Gasteiger partial charge on any atom is 0.407 e. The molecule has 0 saturated carbocycles. The van der Waals surface area contributed by atoms with E-state index >= 15 is 0 Å². The van der Waals surface area contributed by atoms with E-state index in [1.807, 2.05) is 71.1 Å². The molecule has 1 aromatic carbocycles. The van der Waals surface area contributed by atoms with Crippen LogP contribution in [0.5, 0.6) is 0 Å². The molecule has 9 heteroatoms. The smallest absolute Gasteiger partial charge is 0.407 e. The zero-order valence-electron chi connectivity index (χ0n) is 22.9. The van der Waals surface area contributed by atoms with Crippen LogP contribution in [-0.4, -0.2) is 50.8 Å². The van der Waals surface area contributed by atoms with Crippen molar-refractivity contribution < 1.29 is 19.0 Å². The van der Waals surface area contributed by atoms with E-state index in [4.69, 9.17) is 4.74 Å². The molecule has 0 spiro atoms. The minimum absolute atomic E-state index is 0.100. The second-order valence-corrected chi connectivity index (χ2v) is 10.7. The minimum Gasteiger partial charge on any atom is -0.444 e. The molecule has 3 N–H and O–H groups in total. The van der Waals surface area contributed by atoms with E-state index in [2.05, 4.69) is 20.7 Å². The number of anilines is 1. The number of ether oxygens (including phenoxy) is 1. The summed E-state index contributed by atoms with van der Waals surface area (Å²) in [6.45, 7) is 10.6. The molecule has 38 heavy (non-hydrogen) atoms. The van der Waals surface area contributed by atoms with Gasteiger partial charge in [0, 0.05) is 23.7 Å². The van der Waals surface area contributed by atoms with Crippen molar-refractivity contribution in [2.75, 3.05) is 11.9 Å². The second-order valence-electron chi connectivity index (χ2n) is 10.7. The van der Waals surface area contributed by atoms with E-state index in [-0.39, 0.29) is 12.0 Å². The Hall–Kier alpha value is -3.46. The highest BCUT2D eigenvalue weighted by atomic mass is 19.1. The normalized spacial score (nSPS) is 14.0. The molecule has 8 nitrogen and oxygen atoms in total. The molecular formula is C29H40FN5O3. The van der Waals surface area contributed by atoms with Gasteiger partial charge in [0.05, 0.1) is 24.4 Å². The van der Waals surface area contributed by atoms with Gasteiger partial charge in [-0.25, -0.2) is 9.78 Å². The van der Waals surface area contributed by atoms with Crippen molar-refractivity contribution in [3.63, 3.8) is 0 Å². The fourth-order valence-corrected chi connectivity index (χ4v) is 3.96. The van der Waals surface area contributed by atoms with Crippen molar-refractivity contribution in [1.29, 1.82) is 0 Å². The predicted octanol–water partition coefficient (Wildman–Crippen LogP) is 5.57. The highest BCUT2D eigenvalue weighted by Gasteiger charge is 2.31. The predicted molar refractivity (Wildman–Crippen MR) is 147 cm³/mol. The fraction of sp³-hybridized carbons (Fsp3) is 0.483. The second kappa shape index (κ2) is 13.4. The van der Waals surface area contributed by atoms with Gasteiger partial charge in [0.2, 0.25) is 5.95 Å². The Morgan fingerprint density at radius 2 is 1.89 bits per heavy atom. The van der Waals surface area contributed by atoms with E-state index in [0.29, 0.717) is 18.8 Å². The Labute approximate surface area is 224 Å². The van der Waals surface area contributed by atoms with E-state index in [1.165, 1.54) is 17.7 Å². The van der Waals surface area contributed by atoms with Gasteiger partial charge in [-0.15, -0.1) is 0 Å². The van der Waals surface area contributed by atoms with Crippen LogP contribution in [0, 0.1) is 18.3 Å². The lowest BCUT2D eigenvalue weighted by atomic mass is 9.89. The van der Waals surface area contributed by atoms with Gasteiger partial charge >= 0.3 is 6.09 Å². The molecule has 0 unspecified atom stereocenters. The van der Waals surface area contributed by atoms with Crippen LogP contribution in [0.1, 0.15) is 52.5 Å². The van der Waals surface area contributed by atoms with Crippen LogP contribution in [0.4, 0.5) is 15.0 Å². The van der Waals surface area contributed by atoms with Gasteiger partial charge < -0.3 is 20.5 Å². The molecule has 2 aromatic heterocycles. The zero-order valence-corrected chi connectivity index (χ0v) is 22.9. The molecular weight excluding hydrogens is 485 g/mol. The molecule has 0 fully saturated rings. The molecule has 3 rings (SSSR count). The Morgan fingerprint density at radius 1 is 1.16 bits per heavy atom. The molecule has 206 valence electrons. The third-order valence-electron chi connectivity index (χ3n) is 6.40. The highest BCUT2D eigenvalue weighted by molar-refractivity contribution is 5.68. The number of aromatic nitrogens is 3. The number of hydrogen-bond donors (Lipinski definition) is 3. The van der Waals surface area contributed by atoms with Gasteiger partial charge in [0.15, 0.2) is 0 Å². The summed E-state index contributed by atoms with van der Waals surface area (Å²) in [6, 6.07) is 14.0. The first-order chi connectivity index (χ1) is 18.0. The van der Waals surface area contributed by atoms with Crippen LogP contribution >= 0.6 is 0 Å². The molecule has 2 heterocycles. The zero-order chi connectivity index (χ0) is 27.7. The average molecular weight is 526 g/mol. The fourth-order valence-electron chi connectivity index (χ4n) is 3.96. The number of unbranched alkanes of at least 4 members (excludes halogenated alkanes) is 1. The van der Waals surface area contributed by atoms with Crippen molar-refractivity contribution in [2.24, 2.45) is 5.41 Å². The van der Waals surface area contributed by atoms with Crippen molar-refractivity contribution >= 4 is 11.9 Å². The number of rotatable bonds is 12. The van der Waals surface area contributed by atoms with Gasteiger partial charge in [-0.05, 0) is 31.5 Å². The number of carbonyl (C=O) groups excluding carboxylic acids is 1. The lowest BCUT2D eigenvalue weighted by molar-refractivity contribution is 0.0129. The summed E-state index contributed by atoms with van der Waals surface area (Å²) in [5, 5.41) is 21.3. The molecule has 0 aliphatic rings. The van der Waals surface area contributed by atoms with Gasteiger partial charge in [-0.1, -0.05) is 76.4 Å². The number of benzene rings is 1. The number of aliphatic hydroxyl groups is 1. The SMILES string of the molecule is CCCC[C@H](NC(=O)O[C@H](Cn1ccc(-c2ccc(C)cc2)n1)C(C)(C)C)[C@H](O)CNc1cccc(F)n1. The van der Waals surface area contributed by atoms with Crippen LogP contribution in [-0.2, 0) is 11.3 Å². The summed E-state index contributed by atoms with van der Waals surface area (Å²) < 4.78 is 21.0. The molecule has 3 atom stereocenters. The highest BCUT2D eigenvalue weighted by Crippen LogP contribution is 2.25. The van der Waals surface area contributed by atoms with Gasteiger partial charge in [0.1, 0.15) is 11.9 Å². The third kappa shape index (κ3) is 8.83. The molecule has 0 radical (unpaired) electrons. The number of hydrogen-bond acceptors (Lipinski definition) is 6. The van der Waals surface area contributed by atoms with Crippen LogP contribution in [0.3, 0.4) is 0 Å². The Balaban J connectivity index is 1.63. The standard InChI is InChI=1S/C29H40FN5O3/c1-6-7-9-23(24(36)18-31-27-11-8-10-26(30)33-27)32-28(37)38-25(29(3,4)5)19-35-17-16-22(34-35)21-14-12-20(2)13-15-21/h8,10-17,23-25,36H,6-7,9,18-19H2,1-5H3,(H,31,33)(H,32,37)/t23-,24+,25+/m0/s1. The lowest BCUT2D eigenvalue weighted by Gasteiger charge is -2.31. The van der Waals surface area contributed by atoms with E-state index in [0.717, 1.165) is 24.1 Å². The van der Waals surface area contributed by atoms with Gasteiger partial charge in [-0.2, -0.15) is 9.49 Å². The third-order valence-corrected chi connectivity index (χ3v) is 6.40. The summed E-state index contributed by atoms with van der Waals surface area (Å²) in [7, 11) is 0. The van der Waals surface area contributed by atoms with Crippen LogP contribution in [0.2, 0.25) is 0 Å². The summed E-state index contributed by atoms with van der Waals surface area (Å²) in [5.74, 6) is -0.289. The Morgan fingerprint density at radius 3 is 2.55 bits per heavy atom. The number of nitrogens with zero attached hydrogens (tertiary/aromatic N) is 3. The van der Waals surface area contributed by atoms with Crippen LogP contribution < -0.4 is 10.6 Å². The first-order valence-corrected chi connectivity index (χ1v) is 13.2. The quantitative estimate of drug-likeness (QED) is 0.268. The number of halogens is 1. The molecule has 0 saturated heterocycles. The van der Waals surface area contributed by atoms with Crippen molar-refractivity contribution in [1.82, 2.24) is 20.1 Å². The lowest BCUT2D eigenvalue weighted by Crippen LogP contribution is -2.48. The number of aryl methyl sites for hydroxylation is 1. The Kier molecular flexibility index (Phi) is 10.2. The van der Waals surface area contributed by atoms with Gasteiger partial charge in [0.25, 0.3) is 0 Å². The molecule has 3 aromatic rings. The maximum absolute atomic E-state index is 13.4. The largest absolute Gasteiger partial charge is 0.444 e. The van der Waals surface area contributed by atoms with Crippen molar-refractivity contribution in [2.45, 2.75) is 78.7 Å². The van der Waals surface area contributed by atoms with E-state index < -0.39 is 30.3 Å². The molecule has 0 bridgehead atoms. The average Bonchev–Trinajstić information content (AvgIpc) is 3.33. The minimum atomic E-state index is -0.921. The van der Waals surface area contributed by atoms with Crippen LogP contribution in [0.15, 0.2) is 54.7 Å². The van der Waals surface area contributed by atoms with Crippen LogP contribution in [0.25, 0.3) is 11.3 Å². The Bertz CT molecular complexity index is 1160. The maximum atomic E-state index is 13.4. The van der Waals surface area contributed by atoms with E-state index in [9.17, 15) is 14.3 Å². The van der Waals surface area contributed by atoms with Crippen molar-refractivity contribution in [3.05, 3.63) is 66.2 Å². The number of carbonyl (C=O) groups is 1. The number of pyridine rings is 1. The summed E-state index contributed by atoms with van der Waals surface area (Å²) >= 11 is 0. The topological polar surface area (TPSA) is 101 Å². The number of amides is 1. The van der Waals surface area contributed by atoms with Crippen molar-refractivity contribution in [3.8, 4) is 11.3 Å². The first-order valence-electron chi connectivity index (χ1n) is 13.2. The number of nitrogens with one attached hydrogen (secondary N) is 2. The monoisotopic (exact) mass is 525 g/mol. The molecule has 0 aliphatic carbocycles.